The largest absolute Gasteiger partial charge is 0.490 e. The number of aromatic nitrogens is 3. The number of rotatable bonds is 9. The lowest BCUT2D eigenvalue weighted by atomic mass is 9.94. The molecule has 1 saturated carbocycles. The Morgan fingerprint density at radius 2 is 1.97 bits per heavy atom. The average molecular weight is 455 g/mol. The Bertz CT molecular complexity index is 994. The summed E-state index contributed by atoms with van der Waals surface area (Å²) in [6.45, 7) is 7.10. The monoisotopic (exact) mass is 454 g/mol. The number of esters is 1. The van der Waals surface area contributed by atoms with Crippen molar-refractivity contribution in [2.45, 2.75) is 77.9 Å². The molecule has 1 aliphatic heterocycles. The molecule has 2 aromatic rings. The van der Waals surface area contributed by atoms with Gasteiger partial charge in [-0.15, -0.1) is 0 Å². The molecule has 1 fully saturated rings. The third kappa shape index (κ3) is 5.15. The molecule has 2 aliphatic rings. The maximum atomic E-state index is 13.4. The maximum Gasteiger partial charge on any atom is 0.338 e. The second kappa shape index (κ2) is 10.7. The quantitative estimate of drug-likeness (QED) is 0.420. The van der Waals surface area contributed by atoms with Gasteiger partial charge in [0.15, 0.2) is 11.5 Å². The molecule has 1 atom stereocenters. The fourth-order valence-corrected chi connectivity index (χ4v) is 4.47. The van der Waals surface area contributed by atoms with E-state index in [1.165, 1.54) is 12.7 Å². The van der Waals surface area contributed by atoms with E-state index in [1.807, 2.05) is 32.0 Å². The molecule has 8 nitrogen and oxygen atoms in total. The fraction of sp³-hybridized carbons (Fsp3) is 0.560. The van der Waals surface area contributed by atoms with E-state index < -0.39 is 6.04 Å². The van der Waals surface area contributed by atoms with Gasteiger partial charge in [-0.25, -0.2) is 9.48 Å². The molecule has 1 aliphatic carbocycles. The number of ether oxygens (including phenoxy) is 3. The van der Waals surface area contributed by atoms with Gasteiger partial charge in [-0.3, -0.25) is 0 Å². The third-order valence-electron chi connectivity index (χ3n) is 6.18. The summed E-state index contributed by atoms with van der Waals surface area (Å²) < 4.78 is 19.5. The highest BCUT2D eigenvalue weighted by Crippen LogP contribution is 2.39. The van der Waals surface area contributed by atoms with Crippen molar-refractivity contribution in [3.8, 4) is 11.5 Å². The van der Waals surface area contributed by atoms with Crippen LogP contribution in [0.2, 0.25) is 0 Å². The van der Waals surface area contributed by atoms with Crippen LogP contribution in [0.4, 0.5) is 5.95 Å². The zero-order chi connectivity index (χ0) is 23.2. The number of hydrogen-bond acceptors (Lipinski definition) is 7. The van der Waals surface area contributed by atoms with E-state index in [-0.39, 0.29) is 12.1 Å². The topological polar surface area (TPSA) is 87.5 Å². The van der Waals surface area contributed by atoms with E-state index in [0.717, 1.165) is 49.8 Å². The van der Waals surface area contributed by atoms with Crippen LogP contribution in [0.15, 0.2) is 35.8 Å². The Morgan fingerprint density at radius 1 is 1.15 bits per heavy atom. The van der Waals surface area contributed by atoms with Crippen molar-refractivity contribution in [1.82, 2.24) is 14.8 Å². The van der Waals surface area contributed by atoms with Crippen LogP contribution in [-0.2, 0) is 9.53 Å². The molecule has 1 aromatic carbocycles. The average Bonchev–Trinajstić information content (AvgIpc) is 3.28. The van der Waals surface area contributed by atoms with E-state index >= 15 is 0 Å². The molecule has 1 N–H and O–H groups in total. The highest BCUT2D eigenvalue weighted by Gasteiger charge is 2.36. The standard InChI is InChI=1S/C25H34N4O4/c1-4-6-14-32-20-13-12-18(15-21(20)31-5-2)23-22(17(3)28-25-26-16-27-29(23)25)24(30)33-19-10-8-7-9-11-19/h12-13,15-16,19,23H,4-11,14H2,1-3H3,(H,26,27,28). The van der Waals surface area contributed by atoms with E-state index in [2.05, 4.69) is 22.3 Å². The number of carbonyl (C=O) groups is 1. The maximum absolute atomic E-state index is 13.4. The van der Waals surface area contributed by atoms with E-state index in [0.29, 0.717) is 36.2 Å². The molecule has 1 unspecified atom stereocenters. The first-order valence-corrected chi connectivity index (χ1v) is 12.1. The van der Waals surface area contributed by atoms with Gasteiger partial charge < -0.3 is 19.5 Å². The lowest BCUT2D eigenvalue weighted by molar-refractivity contribution is -0.146. The van der Waals surface area contributed by atoms with Gasteiger partial charge in [0.1, 0.15) is 18.5 Å². The number of allylic oxidation sites excluding steroid dienone is 1. The molecule has 0 saturated heterocycles. The number of anilines is 1. The van der Waals surface area contributed by atoms with Gasteiger partial charge in [0, 0.05) is 5.70 Å². The minimum Gasteiger partial charge on any atom is -0.490 e. The Balaban J connectivity index is 1.68. The number of hydrogen-bond donors (Lipinski definition) is 1. The number of carbonyl (C=O) groups excluding carboxylic acids is 1. The molecular weight excluding hydrogens is 420 g/mol. The Hall–Kier alpha value is -3.03. The fourth-order valence-electron chi connectivity index (χ4n) is 4.47. The lowest BCUT2D eigenvalue weighted by Crippen LogP contribution is -2.32. The molecule has 0 amide bonds. The molecular formula is C25H34N4O4. The SMILES string of the molecule is CCCCOc1ccc(C2C(C(=O)OC3CCCCC3)=C(C)Nc3ncnn32)cc1OCC. The van der Waals surface area contributed by atoms with Crippen LogP contribution in [0.5, 0.6) is 11.5 Å². The van der Waals surface area contributed by atoms with Gasteiger partial charge in [-0.2, -0.15) is 10.1 Å². The lowest BCUT2D eigenvalue weighted by Gasteiger charge is -2.30. The number of nitrogens with zero attached hydrogens (tertiary/aromatic N) is 3. The summed E-state index contributed by atoms with van der Waals surface area (Å²) in [5.74, 6) is 1.64. The van der Waals surface area contributed by atoms with Crippen LogP contribution in [0, 0.1) is 0 Å². The minimum atomic E-state index is -0.469. The normalized spacial score (nSPS) is 18.5. The predicted octanol–water partition coefficient (Wildman–Crippen LogP) is 5.02. The van der Waals surface area contributed by atoms with Gasteiger partial charge in [0.25, 0.3) is 0 Å². The first-order chi connectivity index (χ1) is 16.1. The summed E-state index contributed by atoms with van der Waals surface area (Å²) in [6.07, 6.45) is 8.73. The Labute approximate surface area is 195 Å². The molecule has 2 heterocycles. The van der Waals surface area contributed by atoms with Crippen molar-refractivity contribution >= 4 is 11.9 Å². The summed E-state index contributed by atoms with van der Waals surface area (Å²) in [5, 5.41) is 7.62. The van der Waals surface area contributed by atoms with E-state index in [1.54, 1.807) is 4.68 Å². The van der Waals surface area contributed by atoms with Crippen molar-refractivity contribution < 1.29 is 19.0 Å². The van der Waals surface area contributed by atoms with Crippen molar-refractivity contribution in [1.29, 1.82) is 0 Å². The van der Waals surface area contributed by atoms with Gasteiger partial charge >= 0.3 is 5.97 Å². The third-order valence-corrected chi connectivity index (χ3v) is 6.18. The molecule has 33 heavy (non-hydrogen) atoms. The number of fused-ring (bicyclic) bond motifs is 1. The highest BCUT2D eigenvalue weighted by molar-refractivity contribution is 5.92. The zero-order valence-electron chi connectivity index (χ0n) is 19.8. The summed E-state index contributed by atoms with van der Waals surface area (Å²) in [4.78, 5) is 17.7. The van der Waals surface area contributed by atoms with Crippen LogP contribution in [0.25, 0.3) is 0 Å². The molecule has 4 rings (SSSR count). The van der Waals surface area contributed by atoms with Crippen LogP contribution >= 0.6 is 0 Å². The van der Waals surface area contributed by atoms with Crippen LogP contribution in [0.3, 0.4) is 0 Å². The minimum absolute atomic E-state index is 0.0299. The second-order valence-electron chi connectivity index (χ2n) is 8.60. The molecule has 8 heteroatoms. The molecule has 0 bridgehead atoms. The van der Waals surface area contributed by atoms with Crippen molar-refractivity contribution in [3.63, 3.8) is 0 Å². The van der Waals surface area contributed by atoms with Crippen molar-refractivity contribution in [2.24, 2.45) is 0 Å². The van der Waals surface area contributed by atoms with Gasteiger partial charge in [0.05, 0.1) is 18.8 Å². The highest BCUT2D eigenvalue weighted by atomic mass is 16.5. The smallest absolute Gasteiger partial charge is 0.338 e. The summed E-state index contributed by atoms with van der Waals surface area (Å²) in [6, 6.07) is 5.34. The van der Waals surface area contributed by atoms with Crippen molar-refractivity contribution in [2.75, 3.05) is 18.5 Å². The number of unbranched alkanes of at least 4 members (excludes halogenated alkanes) is 1. The second-order valence-corrected chi connectivity index (χ2v) is 8.60. The first kappa shape index (κ1) is 23.1. The first-order valence-electron chi connectivity index (χ1n) is 12.1. The number of nitrogens with one attached hydrogen (secondary N) is 1. The van der Waals surface area contributed by atoms with Crippen LogP contribution in [0.1, 0.15) is 77.3 Å². The van der Waals surface area contributed by atoms with E-state index in [9.17, 15) is 4.79 Å². The molecule has 0 spiro atoms. The zero-order valence-corrected chi connectivity index (χ0v) is 19.8. The molecule has 1 aromatic heterocycles. The number of benzene rings is 1. The summed E-state index contributed by atoms with van der Waals surface area (Å²) in [7, 11) is 0. The predicted molar refractivity (Wildman–Crippen MR) is 125 cm³/mol. The van der Waals surface area contributed by atoms with Gasteiger partial charge in [0.2, 0.25) is 5.95 Å². The van der Waals surface area contributed by atoms with Crippen molar-refractivity contribution in [3.05, 3.63) is 41.4 Å². The van der Waals surface area contributed by atoms with Crippen LogP contribution in [-0.4, -0.2) is 40.1 Å². The summed E-state index contributed by atoms with van der Waals surface area (Å²) in [5.41, 5.74) is 2.13. The van der Waals surface area contributed by atoms with Crippen LogP contribution < -0.4 is 14.8 Å². The van der Waals surface area contributed by atoms with E-state index in [4.69, 9.17) is 14.2 Å². The molecule has 0 radical (unpaired) electrons. The Morgan fingerprint density at radius 3 is 2.73 bits per heavy atom. The Kier molecular flexibility index (Phi) is 7.52. The van der Waals surface area contributed by atoms with Gasteiger partial charge in [-0.1, -0.05) is 25.8 Å². The summed E-state index contributed by atoms with van der Waals surface area (Å²) >= 11 is 0. The molecule has 178 valence electrons. The van der Waals surface area contributed by atoms with Gasteiger partial charge in [-0.05, 0) is 63.6 Å².